The van der Waals surface area contributed by atoms with Crippen molar-refractivity contribution in [2.24, 2.45) is 7.05 Å². The van der Waals surface area contributed by atoms with Crippen LogP contribution in [0.5, 0.6) is 0 Å². The molecule has 1 saturated heterocycles. The molecule has 3 heterocycles. The third-order valence-corrected chi connectivity index (χ3v) is 5.01. The number of hydrogen-bond acceptors (Lipinski definition) is 6. The number of piperidine rings is 1. The molecule has 2 aromatic heterocycles. The predicted octanol–water partition coefficient (Wildman–Crippen LogP) is -0.811. The van der Waals surface area contributed by atoms with Gasteiger partial charge in [-0.1, -0.05) is 0 Å². The van der Waals surface area contributed by atoms with E-state index in [-0.39, 0.29) is 23.0 Å². The summed E-state index contributed by atoms with van der Waals surface area (Å²) in [5.41, 5.74) is 5.88. The second-order valence-corrected chi connectivity index (χ2v) is 6.33. The molecule has 1 aliphatic rings. The number of methoxy groups -OCH3 is 1. The van der Waals surface area contributed by atoms with Crippen molar-refractivity contribution in [1.29, 1.82) is 0 Å². The Hall–Kier alpha value is -2.42. The number of anilines is 1. The van der Waals surface area contributed by atoms with E-state index in [1.807, 2.05) is 0 Å². The molecule has 0 atom stereocenters. The molecule has 0 aliphatic carbocycles. The highest BCUT2D eigenvalue weighted by atomic mass is 16.5. The summed E-state index contributed by atoms with van der Waals surface area (Å²) in [7, 11) is 8.84. The van der Waals surface area contributed by atoms with Crippen molar-refractivity contribution in [1.82, 2.24) is 19.4 Å². The van der Waals surface area contributed by atoms with Crippen molar-refractivity contribution in [3.05, 3.63) is 22.0 Å². The molecule has 2 aromatic rings. The van der Waals surface area contributed by atoms with Crippen molar-refractivity contribution in [3.63, 3.8) is 0 Å². The van der Waals surface area contributed by atoms with Gasteiger partial charge in [0.15, 0.2) is 7.85 Å². The number of aromatic nitrogens is 3. The van der Waals surface area contributed by atoms with Crippen molar-refractivity contribution in [2.45, 2.75) is 25.4 Å². The number of fused-ring (bicyclic) bond motifs is 1. The summed E-state index contributed by atoms with van der Waals surface area (Å²) in [6, 6.07) is 1.69. The maximum absolute atomic E-state index is 12.9. The number of carbonyl (C=O) groups is 1. The molecule has 3 rings (SSSR count). The number of nitrogens with two attached hydrogens (primary N) is 1. The molecule has 25 heavy (non-hydrogen) atoms. The van der Waals surface area contributed by atoms with Gasteiger partial charge in [-0.15, -0.1) is 0 Å². The second-order valence-electron chi connectivity index (χ2n) is 6.33. The van der Waals surface area contributed by atoms with Gasteiger partial charge in [-0.3, -0.25) is 14.2 Å². The van der Waals surface area contributed by atoms with E-state index in [9.17, 15) is 9.59 Å². The van der Waals surface area contributed by atoms with Crippen molar-refractivity contribution in [3.8, 4) is 0 Å². The van der Waals surface area contributed by atoms with Crippen LogP contribution >= 0.6 is 0 Å². The van der Waals surface area contributed by atoms with Crippen molar-refractivity contribution < 1.29 is 9.53 Å². The number of likely N-dealkylation sites (tertiary alicyclic amines) is 1. The third kappa shape index (κ3) is 2.78. The molecule has 1 fully saturated rings. The van der Waals surface area contributed by atoms with Crippen LogP contribution in [-0.2, 0) is 22.2 Å². The first-order valence-corrected chi connectivity index (χ1v) is 8.03. The summed E-state index contributed by atoms with van der Waals surface area (Å²) in [6.45, 7) is 2.59. The van der Waals surface area contributed by atoms with Gasteiger partial charge in [0.1, 0.15) is 17.1 Å². The maximum atomic E-state index is 12.9. The number of aryl methyl sites for hydroxylation is 1. The van der Waals surface area contributed by atoms with E-state index in [4.69, 9.17) is 18.3 Å². The zero-order chi connectivity index (χ0) is 18.4. The smallest absolute Gasteiger partial charge is 0.258 e. The maximum Gasteiger partial charge on any atom is 0.258 e. The standard InChI is InChI=1S/C16H20BN5O3/c1-9(23)22-6-4-16(25-3,5-7-22)11-8-10-12(18)19-15(17)20-13(10)21(2)14(11)24/h8H,4-7H2,1-3H3,(H2,18,19,20). The Morgan fingerprint density at radius 3 is 2.56 bits per heavy atom. The first kappa shape index (κ1) is 17.4. The molecular formula is C16H20BN5O3. The van der Waals surface area contributed by atoms with E-state index >= 15 is 0 Å². The van der Waals surface area contributed by atoms with Crippen LogP contribution in [0.15, 0.2) is 10.9 Å². The summed E-state index contributed by atoms with van der Waals surface area (Å²) in [6.07, 6.45) is 1.05. The molecule has 0 saturated carbocycles. The number of ether oxygens (including phenoxy) is 1. The molecule has 0 aromatic carbocycles. The van der Waals surface area contributed by atoms with Gasteiger partial charge in [-0.05, 0) is 18.9 Å². The van der Waals surface area contributed by atoms with Gasteiger partial charge in [-0.2, -0.15) is 0 Å². The highest BCUT2D eigenvalue weighted by Gasteiger charge is 2.39. The van der Waals surface area contributed by atoms with Crippen LogP contribution in [0, 0.1) is 0 Å². The van der Waals surface area contributed by atoms with Crippen LogP contribution in [0.1, 0.15) is 25.3 Å². The minimum absolute atomic E-state index is 0.0176. The number of nitrogen functional groups attached to an aromatic ring is 1. The van der Waals surface area contributed by atoms with E-state index in [0.29, 0.717) is 42.5 Å². The number of carbonyl (C=O) groups excluding carboxylic acids is 1. The fourth-order valence-electron chi connectivity index (χ4n) is 3.46. The quantitative estimate of drug-likeness (QED) is 0.717. The fraction of sp³-hybridized carbons (Fsp3) is 0.500. The van der Waals surface area contributed by atoms with E-state index in [1.165, 1.54) is 11.5 Å². The fourth-order valence-corrected chi connectivity index (χ4v) is 3.46. The summed E-state index contributed by atoms with van der Waals surface area (Å²) < 4.78 is 7.20. The third-order valence-electron chi connectivity index (χ3n) is 5.01. The summed E-state index contributed by atoms with van der Waals surface area (Å²) in [5.74, 6) is 0.232. The van der Waals surface area contributed by atoms with Crippen LogP contribution in [0.2, 0.25) is 0 Å². The first-order valence-electron chi connectivity index (χ1n) is 8.03. The molecule has 0 unspecified atom stereocenters. The highest BCUT2D eigenvalue weighted by molar-refractivity contribution is 6.29. The zero-order valence-electron chi connectivity index (χ0n) is 14.6. The van der Waals surface area contributed by atoms with Crippen LogP contribution in [0.4, 0.5) is 5.82 Å². The molecule has 0 spiro atoms. The average molecular weight is 341 g/mol. The van der Waals surface area contributed by atoms with Crippen molar-refractivity contribution in [2.75, 3.05) is 25.9 Å². The second kappa shape index (κ2) is 6.14. The molecular weight excluding hydrogens is 321 g/mol. The Morgan fingerprint density at radius 2 is 2.00 bits per heavy atom. The monoisotopic (exact) mass is 341 g/mol. The van der Waals surface area contributed by atoms with Gasteiger partial charge >= 0.3 is 0 Å². The summed E-state index contributed by atoms with van der Waals surface area (Å²) >= 11 is 0. The van der Waals surface area contributed by atoms with Gasteiger partial charge in [0.05, 0.1) is 16.7 Å². The Balaban J connectivity index is 2.16. The first-order chi connectivity index (χ1) is 11.8. The number of rotatable bonds is 2. The Kier molecular flexibility index (Phi) is 4.28. The van der Waals surface area contributed by atoms with Gasteiger partial charge in [0, 0.05) is 34.2 Å². The van der Waals surface area contributed by atoms with Crippen LogP contribution in [-0.4, -0.2) is 53.4 Å². The largest absolute Gasteiger partial charge is 0.383 e. The summed E-state index contributed by atoms with van der Waals surface area (Å²) in [4.78, 5) is 34.4. The Bertz CT molecular complexity index is 903. The lowest BCUT2D eigenvalue weighted by Crippen LogP contribution is -2.48. The normalized spacial score (nSPS) is 17.0. The number of nitrogens with zero attached hydrogens (tertiary/aromatic N) is 4. The van der Waals surface area contributed by atoms with E-state index < -0.39 is 5.60 Å². The minimum atomic E-state index is -0.775. The van der Waals surface area contributed by atoms with Crippen molar-refractivity contribution >= 4 is 36.3 Å². The molecule has 2 N–H and O–H groups in total. The van der Waals surface area contributed by atoms with E-state index in [0.717, 1.165) is 0 Å². The van der Waals surface area contributed by atoms with E-state index in [2.05, 4.69) is 9.97 Å². The Morgan fingerprint density at radius 1 is 1.36 bits per heavy atom. The lowest BCUT2D eigenvalue weighted by molar-refractivity contribution is -0.135. The molecule has 2 radical (unpaired) electrons. The Labute approximate surface area is 146 Å². The van der Waals surface area contributed by atoms with Gasteiger partial charge in [-0.25, -0.2) is 9.97 Å². The predicted molar refractivity (Wildman–Crippen MR) is 94.8 cm³/mol. The topological polar surface area (TPSA) is 103 Å². The lowest BCUT2D eigenvalue weighted by Gasteiger charge is -2.40. The molecule has 8 nitrogen and oxygen atoms in total. The molecule has 9 heteroatoms. The number of pyridine rings is 1. The zero-order valence-corrected chi connectivity index (χ0v) is 14.6. The molecule has 0 bridgehead atoms. The summed E-state index contributed by atoms with van der Waals surface area (Å²) in [5, 5.41) is 0.553. The average Bonchev–Trinajstić information content (AvgIpc) is 2.58. The lowest BCUT2D eigenvalue weighted by atomic mass is 9.84. The molecule has 130 valence electrons. The van der Waals surface area contributed by atoms with Gasteiger partial charge in [0.2, 0.25) is 5.91 Å². The van der Waals surface area contributed by atoms with Gasteiger partial charge in [0.25, 0.3) is 5.56 Å². The molecule has 1 amide bonds. The SMILES string of the molecule is [B]c1nc(N)c2cc(C3(OC)CCN(C(C)=O)CC3)c(=O)n(C)c2n1. The number of amides is 1. The van der Waals surface area contributed by atoms with E-state index in [1.54, 1.807) is 25.1 Å². The highest BCUT2D eigenvalue weighted by Crippen LogP contribution is 2.35. The van der Waals surface area contributed by atoms with Crippen LogP contribution < -0.4 is 17.0 Å². The molecule has 1 aliphatic heterocycles. The van der Waals surface area contributed by atoms with Crippen LogP contribution in [0.25, 0.3) is 11.0 Å². The minimum Gasteiger partial charge on any atom is -0.383 e. The van der Waals surface area contributed by atoms with Gasteiger partial charge < -0.3 is 15.4 Å². The number of hydrogen-bond donors (Lipinski definition) is 1. The van der Waals surface area contributed by atoms with Crippen LogP contribution in [0.3, 0.4) is 0 Å².